The molecule has 1 aliphatic carbocycles. The van der Waals surface area contributed by atoms with Crippen molar-refractivity contribution in [1.82, 2.24) is 14.8 Å². The molecule has 8 rings (SSSR count). The van der Waals surface area contributed by atoms with Gasteiger partial charge in [0.05, 0.1) is 6.10 Å². The van der Waals surface area contributed by atoms with Crippen LogP contribution >= 0.6 is 0 Å². The van der Waals surface area contributed by atoms with E-state index < -0.39 is 0 Å². The van der Waals surface area contributed by atoms with Gasteiger partial charge in [-0.2, -0.15) is 0 Å². The molecule has 41 heavy (non-hydrogen) atoms. The van der Waals surface area contributed by atoms with Gasteiger partial charge in [0, 0.05) is 47.7 Å². The van der Waals surface area contributed by atoms with Crippen molar-refractivity contribution in [1.29, 1.82) is 0 Å². The van der Waals surface area contributed by atoms with E-state index >= 15 is 0 Å². The maximum absolute atomic E-state index is 6.97. The van der Waals surface area contributed by atoms with E-state index in [1.54, 1.807) is 5.56 Å². The standard InChI is InChI=1S/C37H43N3O/c1-39-24-25(19-33-32-13-8-14-34-36(32)28(23-38-34)20-35(33)39)17-18-40-29-15-16-30(40)22-31(21-29)41-37(26-9-4-2-5-10-26)27-11-6-3-7-12-27/h2-14,23,25,29-31,33,35,37-38H,15-22,24H2,1H3/t25-,29-,30+,31?,33-,35-/m1/s1. The number of likely N-dealkylation sites (N-methyl/N-ethyl adjacent to an activating group) is 1. The molecule has 1 unspecified atom stereocenters. The zero-order chi connectivity index (χ0) is 27.3. The van der Waals surface area contributed by atoms with Crippen molar-refractivity contribution in [3.63, 3.8) is 0 Å². The van der Waals surface area contributed by atoms with Crippen LogP contribution in [0.4, 0.5) is 0 Å². The van der Waals surface area contributed by atoms with Crippen molar-refractivity contribution in [2.75, 3.05) is 20.1 Å². The summed E-state index contributed by atoms with van der Waals surface area (Å²) in [6.45, 7) is 2.49. The van der Waals surface area contributed by atoms with E-state index in [1.807, 2.05) is 0 Å². The normalized spacial score (nSPS) is 29.7. The summed E-state index contributed by atoms with van der Waals surface area (Å²) >= 11 is 0. The monoisotopic (exact) mass is 545 g/mol. The summed E-state index contributed by atoms with van der Waals surface area (Å²) in [4.78, 5) is 9.12. The van der Waals surface area contributed by atoms with Crippen LogP contribution in [0, 0.1) is 5.92 Å². The molecule has 4 nitrogen and oxygen atoms in total. The molecule has 4 aromatic rings. The fraction of sp³-hybridized carbons (Fsp3) is 0.459. The maximum Gasteiger partial charge on any atom is 0.108 e. The predicted molar refractivity (Wildman–Crippen MR) is 166 cm³/mol. The first-order chi connectivity index (χ1) is 20.2. The highest BCUT2D eigenvalue weighted by Crippen LogP contribution is 2.46. The predicted octanol–water partition coefficient (Wildman–Crippen LogP) is 7.32. The fourth-order valence-corrected chi connectivity index (χ4v) is 9.09. The van der Waals surface area contributed by atoms with E-state index in [0.717, 1.165) is 5.92 Å². The number of hydrogen-bond donors (Lipinski definition) is 1. The molecule has 3 aromatic carbocycles. The molecule has 4 heterocycles. The van der Waals surface area contributed by atoms with Crippen molar-refractivity contribution < 1.29 is 4.74 Å². The van der Waals surface area contributed by atoms with Gasteiger partial charge in [-0.15, -0.1) is 0 Å². The van der Waals surface area contributed by atoms with Crippen LogP contribution in [0.25, 0.3) is 10.9 Å². The van der Waals surface area contributed by atoms with Crippen molar-refractivity contribution >= 4 is 10.9 Å². The SMILES string of the molecule is CN1C[C@H](CCN2[C@@H]3CC[C@H]2CC(OC(c2ccccc2)c2ccccc2)C3)C[C@@H]2c3cccc4[nH]cc(c34)C[C@H]21. The van der Waals surface area contributed by atoms with Crippen LogP contribution in [0.1, 0.15) is 72.8 Å². The first-order valence-electron chi connectivity index (χ1n) is 16.0. The number of nitrogens with zero attached hydrogens (tertiary/aromatic N) is 2. The average molecular weight is 546 g/mol. The van der Waals surface area contributed by atoms with Crippen LogP contribution in [-0.2, 0) is 11.2 Å². The minimum Gasteiger partial charge on any atom is -0.365 e. The highest BCUT2D eigenvalue weighted by molar-refractivity contribution is 5.88. The van der Waals surface area contributed by atoms with E-state index in [4.69, 9.17) is 4.74 Å². The molecule has 3 saturated heterocycles. The van der Waals surface area contributed by atoms with Gasteiger partial charge >= 0.3 is 0 Å². The van der Waals surface area contributed by atoms with Crippen LogP contribution < -0.4 is 0 Å². The Morgan fingerprint density at radius 3 is 2.27 bits per heavy atom. The van der Waals surface area contributed by atoms with Gasteiger partial charge in [0.25, 0.3) is 0 Å². The lowest BCUT2D eigenvalue weighted by atomic mass is 9.72. The Morgan fingerprint density at radius 1 is 0.854 bits per heavy atom. The van der Waals surface area contributed by atoms with E-state index in [9.17, 15) is 0 Å². The summed E-state index contributed by atoms with van der Waals surface area (Å²) in [6, 6.07) is 30.5. The van der Waals surface area contributed by atoms with E-state index in [1.165, 1.54) is 85.6 Å². The number of aromatic nitrogens is 1. The molecular formula is C37H43N3O. The zero-order valence-corrected chi connectivity index (χ0v) is 24.3. The Bertz CT molecular complexity index is 1430. The lowest BCUT2D eigenvalue weighted by Gasteiger charge is -2.46. The first-order valence-corrected chi connectivity index (χ1v) is 16.0. The second-order valence-electron chi connectivity index (χ2n) is 13.3. The minimum absolute atomic E-state index is 0.0135. The number of fused-ring (bicyclic) bond motifs is 4. The quantitative estimate of drug-likeness (QED) is 0.264. The Morgan fingerprint density at radius 2 is 1.56 bits per heavy atom. The number of hydrogen-bond acceptors (Lipinski definition) is 3. The molecule has 4 aliphatic rings. The number of ether oxygens (including phenoxy) is 1. The largest absolute Gasteiger partial charge is 0.365 e. The summed E-state index contributed by atoms with van der Waals surface area (Å²) in [5.41, 5.74) is 6.96. The maximum atomic E-state index is 6.97. The molecule has 4 heteroatoms. The number of rotatable bonds is 7. The van der Waals surface area contributed by atoms with Gasteiger partial charge in [-0.25, -0.2) is 0 Å². The summed E-state index contributed by atoms with van der Waals surface area (Å²) in [5.74, 6) is 1.43. The van der Waals surface area contributed by atoms with E-state index in [0.29, 0.717) is 30.1 Å². The summed E-state index contributed by atoms with van der Waals surface area (Å²) in [6.07, 6.45) is 11.4. The smallest absolute Gasteiger partial charge is 0.108 e. The van der Waals surface area contributed by atoms with Gasteiger partial charge in [-0.1, -0.05) is 72.8 Å². The molecule has 2 bridgehead atoms. The second kappa shape index (κ2) is 10.7. The molecule has 0 radical (unpaired) electrons. The molecule has 3 fully saturated rings. The van der Waals surface area contributed by atoms with Gasteiger partial charge in [-0.3, -0.25) is 4.90 Å². The number of aromatic amines is 1. The lowest BCUT2D eigenvalue weighted by molar-refractivity contribution is -0.0497. The summed E-state index contributed by atoms with van der Waals surface area (Å²) < 4.78 is 6.97. The highest BCUT2D eigenvalue weighted by Gasteiger charge is 2.43. The summed E-state index contributed by atoms with van der Waals surface area (Å²) in [7, 11) is 2.38. The van der Waals surface area contributed by atoms with Crippen molar-refractivity contribution in [2.45, 2.75) is 81.2 Å². The molecule has 212 valence electrons. The number of nitrogens with one attached hydrogen (secondary N) is 1. The Hall–Kier alpha value is -2.92. The number of benzene rings is 3. The Balaban J connectivity index is 0.932. The van der Waals surface area contributed by atoms with Crippen LogP contribution in [0.2, 0.25) is 0 Å². The lowest BCUT2D eigenvalue weighted by Crippen LogP contribution is -2.49. The van der Waals surface area contributed by atoms with Crippen LogP contribution in [0.15, 0.2) is 85.1 Å². The van der Waals surface area contributed by atoms with E-state index in [-0.39, 0.29) is 6.10 Å². The van der Waals surface area contributed by atoms with Gasteiger partial charge in [-0.05, 0) is 92.8 Å². The average Bonchev–Trinajstić information content (AvgIpc) is 3.53. The second-order valence-corrected chi connectivity index (χ2v) is 13.3. The molecule has 0 spiro atoms. The van der Waals surface area contributed by atoms with Crippen LogP contribution in [0.3, 0.4) is 0 Å². The topological polar surface area (TPSA) is 31.5 Å². The number of piperidine rings is 2. The third-order valence-electron chi connectivity index (χ3n) is 11.0. The highest BCUT2D eigenvalue weighted by atomic mass is 16.5. The number of likely N-dealkylation sites (tertiary alicyclic amines) is 1. The molecule has 1 N–H and O–H groups in total. The fourth-order valence-electron chi connectivity index (χ4n) is 9.09. The molecular weight excluding hydrogens is 502 g/mol. The minimum atomic E-state index is 0.0135. The molecule has 0 saturated carbocycles. The Labute approximate surface area is 244 Å². The van der Waals surface area contributed by atoms with Gasteiger partial charge in [0.1, 0.15) is 6.10 Å². The molecule has 0 amide bonds. The van der Waals surface area contributed by atoms with Crippen LogP contribution in [-0.4, -0.2) is 59.2 Å². The third kappa shape index (κ3) is 4.74. The van der Waals surface area contributed by atoms with Crippen molar-refractivity contribution in [2.24, 2.45) is 5.92 Å². The van der Waals surface area contributed by atoms with E-state index in [2.05, 4.69) is 107 Å². The zero-order valence-electron chi connectivity index (χ0n) is 24.3. The molecule has 1 aromatic heterocycles. The molecule has 6 atom stereocenters. The third-order valence-corrected chi connectivity index (χ3v) is 11.0. The van der Waals surface area contributed by atoms with Crippen LogP contribution in [0.5, 0.6) is 0 Å². The van der Waals surface area contributed by atoms with Gasteiger partial charge in [0.15, 0.2) is 0 Å². The van der Waals surface area contributed by atoms with Crippen molar-refractivity contribution in [3.05, 3.63) is 107 Å². The Kier molecular flexibility index (Phi) is 6.74. The molecule has 3 aliphatic heterocycles. The van der Waals surface area contributed by atoms with Gasteiger partial charge in [0.2, 0.25) is 0 Å². The number of H-pyrrole nitrogens is 1. The van der Waals surface area contributed by atoms with Crippen molar-refractivity contribution in [3.8, 4) is 0 Å². The first kappa shape index (κ1) is 25.8. The summed E-state index contributed by atoms with van der Waals surface area (Å²) in [5, 5.41) is 1.52. The van der Waals surface area contributed by atoms with Gasteiger partial charge < -0.3 is 14.6 Å².